The van der Waals surface area contributed by atoms with Gasteiger partial charge in [-0.15, -0.1) is 0 Å². The van der Waals surface area contributed by atoms with Gasteiger partial charge in [-0.3, -0.25) is 0 Å². The molecule has 1 fully saturated rings. The molecule has 1 N–H and O–H groups in total. The van der Waals surface area contributed by atoms with Gasteiger partial charge in [0.15, 0.2) is 0 Å². The standard InChI is InChI=1S/C17H22FN3O2/c1-17(2,3)23-16(22)20-13-5-4-8-21(11-13)15-7-6-12(10-19)9-14(15)18/h6-7,9,13H,4-5,8,11H2,1-3H3,(H,20,22). The molecule has 1 aromatic carbocycles. The first-order valence-electron chi connectivity index (χ1n) is 7.72. The predicted octanol–water partition coefficient (Wildman–Crippen LogP) is 3.19. The number of anilines is 1. The fourth-order valence-electron chi connectivity index (χ4n) is 2.62. The second-order valence-corrected chi connectivity index (χ2v) is 6.71. The van der Waals surface area contributed by atoms with Gasteiger partial charge in [-0.1, -0.05) is 0 Å². The Morgan fingerprint density at radius 1 is 1.48 bits per heavy atom. The molecule has 124 valence electrons. The number of piperidine rings is 1. The average molecular weight is 319 g/mol. The van der Waals surface area contributed by atoms with E-state index in [1.54, 1.807) is 12.1 Å². The Morgan fingerprint density at radius 2 is 2.22 bits per heavy atom. The quantitative estimate of drug-likeness (QED) is 0.909. The molecule has 5 nitrogen and oxygen atoms in total. The van der Waals surface area contributed by atoms with Gasteiger partial charge in [0.2, 0.25) is 0 Å². The van der Waals surface area contributed by atoms with Crippen LogP contribution in [-0.2, 0) is 4.74 Å². The number of hydrogen-bond donors (Lipinski definition) is 1. The van der Waals surface area contributed by atoms with Crippen molar-refractivity contribution in [3.8, 4) is 6.07 Å². The number of alkyl carbamates (subject to hydrolysis) is 1. The van der Waals surface area contributed by atoms with Crippen molar-refractivity contribution >= 4 is 11.8 Å². The minimum absolute atomic E-state index is 0.0892. The van der Waals surface area contributed by atoms with Crippen LogP contribution in [0.15, 0.2) is 18.2 Å². The molecule has 1 aliphatic heterocycles. The van der Waals surface area contributed by atoms with E-state index in [1.807, 2.05) is 31.7 Å². The molecule has 1 aliphatic rings. The first-order valence-corrected chi connectivity index (χ1v) is 7.72. The number of nitriles is 1. The summed E-state index contributed by atoms with van der Waals surface area (Å²) in [6.07, 6.45) is 1.22. The number of rotatable bonds is 2. The van der Waals surface area contributed by atoms with Gasteiger partial charge >= 0.3 is 6.09 Å². The van der Waals surface area contributed by atoms with Gasteiger partial charge < -0.3 is 15.0 Å². The molecule has 1 atom stereocenters. The van der Waals surface area contributed by atoms with Crippen LogP contribution in [0, 0.1) is 17.1 Å². The lowest BCUT2D eigenvalue weighted by Crippen LogP contribution is -2.49. The summed E-state index contributed by atoms with van der Waals surface area (Å²) in [7, 11) is 0. The van der Waals surface area contributed by atoms with Crippen LogP contribution in [0.3, 0.4) is 0 Å². The van der Waals surface area contributed by atoms with Crippen LogP contribution in [0.25, 0.3) is 0 Å². The molecule has 1 heterocycles. The number of hydrogen-bond acceptors (Lipinski definition) is 4. The first kappa shape index (κ1) is 17.1. The first-order chi connectivity index (χ1) is 10.8. The molecule has 0 aliphatic carbocycles. The molecule has 1 saturated heterocycles. The van der Waals surface area contributed by atoms with Crippen LogP contribution in [-0.4, -0.2) is 30.8 Å². The van der Waals surface area contributed by atoms with Gasteiger partial charge in [-0.25, -0.2) is 9.18 Å². The zero-order valence-electron chi connectivity index (χ0n) is 13.7. The highest BCUT2D eigenvalue weighted by atomic mass is 19.1. The van der Waals surface area contributed by atoms with Crippen molar-refractivity contribution in [1.29, 1.82) is 5.26 Å². The highest BCUT2D eigenvalue weighted by Crippen LogP contribution is 2.24. The van der Waals surface area contributed by atoms with E-state index < -0.39 is 17.5 Å². The summed E-state index contributed by atoms with van der Waals surface area (Å²) in [5.74, 6) is -0.415. The van der Waals surface area contributed by atoms with Gasteiger partial charge in [-0.2, -0.15) is 5.26 Å². The highest BCUT2D eigenvalue weighted by molar-refractivity contribution is 5.68. The van der Waals surface area contributed by atoms with E-state index in [0.717, 1.165) is 19.4 Å². The van der Waals surface area contributed by atoms with Crippen LogP contribution in [0.1, 0.15) is 39.2 Å². The Labute approximate surface area is 136 Å². The van der Waals surface area contributed by atoms with Crippen LogP contribution in [0.5, 0.6) is 0 Å². The van der Waals surface area contributed by atoms with E-state index in [1.165, 1.54) is 6.07 Å². The highest BCUT2D eigenvalue weighted by Gasteiger charge is 2.25. The maximum atomic E-state index is 14.1. The third-order valence-electron chi connectivity index (χ3n) is 3.56. The Kier molecular flexibility index (Phi) is 5.09. The normalized spacial score (nSPS) is 18.2. The molecule has 6 heteroatoms. The van der Waals surface area contributed by atoms with E-state index in [9.17, 15) is 9.18 Å². The van der Waals surface area contributed by atoms with Crippen molar-refractivity contribution in [2.75, 3.05) is 18.0 Å². The Morgan fingerprint density at radius 3 is 2.83 bits per heavy atom. The SMILES string of the molecule is CC(C)(C)OC(=O)NC1CCCN(c2ccc(C#N)cc2F)C1. The fourth-order valence-corrected chi connectivity index (χ4v) is 2.62. The molecule has 2 rings (SSSR count). The molecular formula is C17H22FN3O2. The zero-order valence-corrected chi connectivity index (χ0v) is 13.7. The van der Waals surface area contributed by atoms with Crippen molar-refractivity contribution < 1.29 is 13.9 Å². The number of carbonyl (C=O) groups is 1. The maximum absolute atomic E-state index is 14.1. The Hall–Kier alpha value is -2.29. The smallest absolute Gasteiger partial charge is 0.407 e. The van der Waals surface area contributed by atoms with Gasteiger partial charge in [0.25, 0.3) is 0 Å². The Bertz CT molecular complexity index is 619. The number of nitrogens with zero attached hydrogens (tertiary/aromatic N) is 2. The summed E-state index contributed by atoms with van der Waals surface area (Å²) < 4.78 is 19.4. The maximum Gasteiger partial charge on any atom is 0.407 e. The molecule has 1 amide bonds. The van der Waals surface area contributed by atoms with Crippen LogP contribution >= 0.6 is 0 Å². The van der Waals surface area contributed by atoms with Crippen molar-refractivity contribution in [3.05, 3.63) is 29.6 Å². The second-order valence-electron chi connectivity index (χ2n) is 6.71. The van der Waals surface area contributed by atoms with E-state index in [-0.39, 0.29) is 6.04 Å². The fraction of sp³-hybridized carbons (Fsp3) is 0.529. The summed E-state index contributed by atoms with van der Waals surface area (Å²) in [6.45, 7) is 6.67. The molecule has 0 radical (unpaired) electrons. The lowest BCUT2D eigenvalue weighted by atomic mass is 10.0. The molecule has 0 bridgehead atoms. The third-order valence-corrected chi connectivity index (χ3v) is 3.56. The molecule has 1 unspecified atom stereocenters. The van der Waals surface area contributed by atoms with Crippen LogP contribution in [0.4, 0.5) is 14.9 Å². The molecule has 0 spiro atoms. The van der Waals surface area contributed by atoms with Crippen molar-refractivity contribution in [3.63, 3.8) is 0 Å². The Balaban J connectivity index is 2.01. The minimum atomic E-state index is -0.544. The summed E-state index contributed by atoms with van der Waals surface area (Å²) in [6, 6.07) is 6.28. The van der Waals surface area contributed by atoms with Crippen LogP contribution in [0.2, 0.25) is 0 Å². The van der Waals surface area contributed by atoms with Gasteiger partial charge in [-0.05, 0) is 51.8 Å². The number of carbonyl (C=O) groups excluding carboxylic acids is 1. The lowest BCUT2D eigenvalue weighted by Gasteiger charge is -2.35. The summed E-state index contributed by atoms with van der Waals surface area (Å²) in [5.41, 5.74) is 0.212. The van der Waals surface area contributed by atoms with Gasteiger partial charge in [0.1, 0.15) is 11.4 Å². The second kappa shape index (κ2) is 6.86. The molecule has 0 aromatic heterocycles. The van der Waals surface area contributed by atoms with Gasteiger partial charge in [0, 0.05) is 19.1 Å². The number of halogens is 1. The largest absolute Gasteiger partial charge is 0.444 e. The number of ether oxygens (including phenoxy) is 1. The molecular weight excluding hydrogens is 297 g/mol. The lowest BCUT2D eigenvalue weighted by molar-refractivity contribution is 0.0500. The number of nitrogens with one attached hydrogen (secondary N) is 1. The van der Waals surface area contributed by atoms with Crippen molar-refractivity contribution in [2.24, 2.45) is 0 Å². The molecule has 23 heavy (non-hydrogen) atoms. The van der Waals surface area contributed by atoms with E-state index in [4.69, 9.17) is 10.00 Å². The predicted molar refractivity (Wildman–Crippen MR) is 85.7 cm³/mol. The van der Waals surface area contributed by atoms with E-state index in [2.05, 4.69) is 5.32 Å². The topological polar surface area (TPSA) is 65.4 Å². The number of benzene rings is 1. The summed E-state index contributed by atoms with van der Waals surface area (Å²) in [4.78, 5) is 13.7. The molecule has 1 aromatic rings. The third kappa shape index (κ3) is 4.85. The minimum Gasteiger partial charge on any atom is -0.444 e. The zero-order chi connectivity index (χ0) is 17.0. The monoisotopic (exact) mass is 319 g/mol. The van der Waals surface area contributed by atoms with Crippen molar-refractivity contribution in [1.82, 2.24) is 5.32 Å². The van der Waals surface area contributed by atoms with Gasteiger partial charge in [0.05, 0.1) is 17.3 Å². The number of amides is 1. The molecule has 0 saturated carbocycles. The van der Waals surface area contributed by atoms with Crippen molar-refractivity contribution in [2.45, 2.75) is 45.3 Å². The average Bonchev–Trinajstić information content (AvgIpc) is 2.45. The summed E-state index contributed by atoms with van der Waals surface area (Å²) in [5, 5.41) is 11.6. The van der Waals surface area contributed by atoms with E-state index in [0.29, 0.717) is 17.8 Å². The summed E-state index contributed by atoms with van der Waals surface area (Å²) >= 11 is 0. The van der Waals surface area contributed by atoms with E-state index >= 15 is 0 Å². The van der Waals surface area contributed by atoms with Crippen LogP contribution < -0.4 is 10.2 Å².